The van der Waals surface area contributed by atoms with Crippen molar-refractivity contribution in [1.29, 1.82) is 0 Å². The predicted molar refractivity (Wildman–Crippen MR) is 86.9 cm³/mol. The zero-order valence-electron chi connectivity index (χ0n) is 12.7. The summed E-state index contributed by atoms with van der Waals surface area (Å²) in [6.07, 6.45) is 1.95. The molecule has 0 heterocycles. The number of anilines is 1. The highest BCUT2D eigenvalue weighted by molar-refractivity contribution is 8.00. The van der Waals surface area contributed by atoms with Crippen LogP contribution in [0, 0.1) is 5.82 Å². The predicted octanol–water partition coefficient (Wildman–Crippen LogP) is 4.26. The fourth-order valence-corrected chi connectivity index (χ4v) is 2.88. The van der Waals surface area contributed by atoms with Gasteiger partial charge in [-0.25, -0.2) is 4.39 Å². The Morgan fingerprint density at radius 2 is 2.14 bits per heavy atom. The summed E-state index contributed by atoms with van der Waals surface area (Å²) in [6, 6.07) is 2.56. The van der Waals surface area contributed by atoms with Crippen LogP contribution in [0.25, 0.3) is 0 Å². The zero-order chi connectivity index (χ0) is 16.7. The summed E-state index contributed by atoms with van der Waals surface area (Å²) in [7, 11) is 1.30. The first kappa shape index (κ1) is 18.8. The van der Waals surface area contributed by atoms with E-state index >= 15 is 0 Å². The van der Waals surface area contributed by atoms with E-state index in [1.54, 1.807) is 6.92 Å². The first-order chi connectivity index (χ1) is 10.4. The number of ether oxygens (including phenoxy) is 1. The fourth-order valence-electron chi connectivity index (χ4n) is 1.67. The molecular weight excluding hydrogens is 329 g/mol. The highest BCUT2D eigenvalue weighted by Crippen LogP contribution is 2.34. The summed E-state index contributed by atoms with van der Waals surface area (Å²) in [5.41, 5.74) is 0.0602. The van der Waals surface area contributed by atoms with Crippen LogP contribution in [0.3, 0.4) is 0 Å². The number of nitrogens with one attached hydrogen (secondary N) is 1. The van der Waals surface area contributed by atoms with Gasteiger partial charge in [-0.05, 0) is 25.5 Å². The van der Waals surface area contributed by atoms with Gasteiger partial charge >= 0.3 is 5.97 Å². The van der Waals surface area contributed by atoms with E-state index in [1.165, 1.54) is 13.2 Å². The lowest BCUT2D eigenvalue weighted by atomic mass is 10.2. The summed E-state index contributed by atoms with van der Waals surface area (Å²) in [5.74, 6) is -1.26. The molecule has 1 rings (SSSR count). The molecule has 0 saturated heterocycles. The van der Waals surface area contributed by atoms with Crippen molar-refractivity contribution in [1.82, 2.24) is 0 Å². The van der Waals surface area contributed by atoms with Crippen molar-refractivity contribution in [3.05, 3.63) is 23.0 Å². The van der Waals surface area contributed by atoms with Crippen LogP contribution in [0.5, 0.6) is 0 Å². The Morgan fingerprint density at radius 3 is 2.73 bits per heavy atom. The lowest BCUT2D eigenvalue weighted by Gasteiger charge is -2.13. The summed E-state index contributed by atoms with van der Waals surface area (Å²) in [6.45, 7) is 3.63. The largest absolute Gasteiger partial charge is 0.468 e. The van der Waals surface area contributed by atoms with Crippen molar-refractivity contribution in [2.24, 2.45) is 0 Å². The summed E-state index contributed by atoms with van der Waals surface area (Å²) in [5, 5.41) is 2.22. The maximum Gasteiger partial charge on any atom is 0.318 e. The van der Waals surface area contributed by atoms with Gasteiger partial charge in [-0.15, -0.1) is 11.8 Å². The van der Waals surface area contributed by atoms with Crippen LogP contribution in [-0.4, -0.2) is 24.2 Å². The molecule has 1 unspecified atom stereocenters. The van der Waals surface area contributed by atoms with E-state index in [9.17, 15) is 14.0 Å². The van der Waals surface area contributed by atoms with Crippen LogP contribution in [0.4, 0.5) is 10.1 Å². The number of amides is 1. The maximum absolute atomic E-state index is 13.9. The van der Waals surface area contributed by atoms with Crippen LogP contribution in [0.2, 0.25) is 5.02 Å². The van der Waals surface area contributed by atoms with E-state index in [-0.39, 0.29) is 16.6 Å². The van der Waals surface area contributed by atoms with Crippen molar-refractivity contribution in [2.45, 2.75) is 43.3 Å². The number of halogens is 2. The van der Waals surface area contributed by atoms with E-state index in [2.05, 4.69) is 10.1 Å². The van der Waals surface area contributed by atoms with Crippen LogP contribution >= 0.6 is 23.4 Å². The summed E-state index contributed by atoms with van der Waals surface area (Å²) < 4.78 is 18.5. The second-order valence-corrected chi connectivity index (χ2v) is 6.49. The molecule has 1 atom stereocenters. The average Bonchev–Trinajstić information content (AvgIpc) is 2.48. The smallest absolute Gasteiger partial charge is 0.318 e. The van der Waals surface area contributed by atoms with Gasteiger partial charge in [0.2, 0.25) is 5.91 Å². The molecule has 0 spiro atoms. The minimum atomic E-state index is -0.607. The topological polar surface area (TPSA) is 55.4 Å². The Kier molecular flexibility index (Phi) is 7.68. The molecular formula is C15H19ClFNO3S. The van der Waals surface area contributed by atoms with Gasteiger partial charge in [0.05, 0.1) is 17.8 Å². The molecule has 0 aliphatic rings. The third-order valence-corrected chi connectivity index (χ3v) is 4.45. The molecule has 1 aromatic rings. The Balaban J connectivity index is 2.89. The highest BCUT2D eigenvalue weighted by Gasteiger charge is 2.18. The number of methoxy groups -OCH3 is 1. The molecule has 0 bridgehead atoms. The first-order valence-electron chi connectivity index (χ1n) is 6.92. The van der Waals surface area contributed by atoms with Gasteiger partial charge in [0.15, 0.2) is 0 Å². The Hall–Kier alpha value is -1.27. The third-order valence-electron chi connectivity index (χ3n) is 2.89. The van der Waals surface area contributed by atoms with Gasteiger partial charge in [0.25, 0.3) is 0 Å². The van der Waals surface area contributed by atoms with Gasteiger partial charge in [-0.2, -0.15) is 0 Å². The van der Waals surface area contributed by atoms with Gasteiger partial charge in [-0.1, -0.05) is 24.9 Å². The fraction of sp³-hybridized carbons (Fsp3) is 0.467. The van der Waals surface area contributed by atoms with Gasteiger partial charge in [-0.3, -0.25) is 9.59 Å². The van der Waals surface area contributed by atoms with Crippen molar-refractivity contribution < 1.29 is 18.7 Å². The maximum atomic E-state index is 13.9. The zero-order valence-corrected chi connectivity index (χ0v) is 14.3. The van der Waals surface area contributed by atoms with E-state index < -0.39 is 17.0 Å². The number of unbranched alkanes of at least 4 members (excludes halogenated alkanes) is 1. The minimum Gasteiger partial charge on any atom is -0.468 e. The number of benzene rings is 1. The third kappa shape index (κ3) is 5.50. The summed E-state index contributed by atoms with van der Waals surface area (Å²) >= 11 is 7.13. The lowest BCUT2D eigenvalue weighted by Crippen LogP contribution is -2.15. The molecule has 1 aromatic carbocycles. The van der Waals surface area contributed by atoms with Crippen LogP contribution in [-0.2, 0) is 14.3 Å². The molecule has 1 amide bonds. The molecule has 0 aromatic heterocycles. The molecule has 0 radical (unpaired) electrons. The van der Waals surface area contributed by atoms with Crippen molar-refractivity contribution in [2.75, 3.05) is 12.4 Å². The Labute approximate surface area is 138 Å². The quantitative estimate of drug-likeness (QED) is 0.591. The molecule has 0 aliphatic heterocycles. The molecule has 0 saturated carbocycles. The molecule has 0 fully saturated rings. The highest BCUT2D eigenvalue weighted by atomic mass is 35.5. The Bertz CT molecular complexity index is 554. The van der Waals surface area contributed by atoms with Crippen molar-refractivity contribution >= 4 is 40.9 Å². The first-order valence-corrected chi connectivity index (χ1v) is 8.18. The number of hydrogen-bond donors (Lipinski definition) is 1. The minimum absolute atomic E-state index is 0.0602. The van der Waals surface area contributed by atoms with E-state index in [1.807, 2.05) is 6.92 Å². The molecule has 122 valence electrons. The number of carbonyl (C=O) groups is 2. The second-order valence-electron chi connectivity index (χ2n) is 4.70. The van der Waals surface area contributed by atoms with Crippen LogP contribution < -0.4 is 5.32 Å². The van der Waals surface area contributed by atoms with Crippen molar-refractivity contribution in [3.63, 3.8) is 0 Å². The molecule has 22 heavy (non-hydrogen) atoms. The summed E-state index contributed by atoms with van der Waals surface area (Å²) in [4.78, 5) is 23.7. The van der Waals surface area contributed by atoms with Crippen LogP contribution in [0.15, 0.2) is 17.0 Å². The normalized spacial score (nSPS) is 11.9. The second kappa shape index (κ2) is 9.00. The van der Waals surface area contributed by atoms with Crippen molar-refractivity contribution in [3.8, 4) is 0 Å². The van der Waals surface area contributed by atoms with E-state index in [0.717, 1.165) is 30.7 Å². The van der Waals surface area contributed by atoms with Gasteiger partial charge < -0.3 is 10.1 Å². The van der Waals surface area contributed by atoms with Crippen LogP contribution in [0.1, 0.15) is 33.1 Å². The number of rotatable bonds is 7. The lowest BCUT2D eigenvalue weighted by molar-refractivity contribution is -0.139. The SMILES string of the molecule is CCCCC(=O)Nc1cc(SC(C)C(=O)OC)c(Cl)cc1F. The van der Waals surface area contributed by atoms with E-state index in [4.69, 9.17) is 11.6 Å². The number of esters is 1. The number of hydrogen-bond acceptors (Lipinski definition) is 4. The molecule has 1 N–H and O–H groups in total. The Morgan fingerprint density at radius 1 is 1.45 bits per heavy atom. The monoisotopic (exact) mass is 347 g/mol. The standard InChI is InChI=1S/C15H19ClFNO3S/c1-4-5-6-14(19)18-12-8-13(10(16)7-11(12)17)22-9(2)15(20)21-3/h7-9H,4-6H2,1-3H3,(H,18,19). The van der Waals surface area contributed by atoms with E-state index in [0.29, 0.717) is 11.3 Å². The molecule has 0 aliphatic carbocycles. The van der Waals surface area contributed by atoms with Gasteiger partial charge in [0.1, 0.15) is 11.1 Å². The molecule has 7 heteroatoms. The molecule has 4 nitrogen and oxygen atoms in total. The van der Waals surface area contributed by atoms with Gasteiger partial charge in [0, 0.05) is 11.3 Å². The number of carbonyl (C=O) groups excluding carboxylic acids is 2. The average molecular weight is 348 g/mol. The number of thioether (sulfide) groups is 1.